The van der Waals surface area contributed by atoms with Gasteiger partial charge in [0, 0.05) is 37.3 Å². The van der Waals surface area contributed by atoms with E-state index in [2.05, 4.69) is 5.16 Å². The number of rotatable bonds is 3. The molecule has 1 fully saturated rings. The van der Waals surface area contributed by atoms with Crippen molar-refractivity contribution >= 4 is 75.6 Å². The first-order valence-electron chi connectivity index (χ1n) is 5.84. The zero-order valence-corrected chi connectivity index (χ0v) is 15.4. The van der Waals surface area contributed by atoms with Crippen molar-refractivity contribution in [3.05, 3.63) is 0 Å². The highest BCUT2D eigenvalue weighted by atomic mass is 35.6. The number of hydrogen-bond acceptors (Lipinski definition) is 6. The van der Waals surface area contributed by atoms with E-state index in [0.29, 0.717) is 24.2 Å². The van der Waals surface area contributed by atoms with Crippen molar-refractivity contribution in [3.8, 4) is 0 Å². The van der Waals surface area contributed by atoms with Gasteiger partial charge in [-0.15, -0.1) is 0 Å². The van der Waals surface area contributed by atoms with E-state index >= 15 is 0 Å². The van der Waals surface area contributed by atoms with E-state index in [-0.39, 0.29) is 17.0 Å². The number of carbonyl (C=O) groups excluding carboxylic acids is 2. The normalized spacial score (nSPS) is 18.3. The van der Waals surface area contributed by atoms with Gasteiger partial charge in [-0.1, -0.05) is 51.7 Å². The predicted octanol–water partition coefficient (Wildman–Crippen LogP) is 3.33. The molecule has 2 amide bonds. The Bertz CT molecular complexity index is 443. The fourth-order valence-electron chi connectivity index (χ4n) is 1.42. The zero-order valence-electron chi connectivity index (χ0n) is 11.5. The molecular weight excluding hydrogens is 381 g/mol. The number of alkyl halides is 3. The Hall–Kier alpha value is -0.0200. The first-order chi connectivity index (χ1) is 9.61. The van der Waals surface area contributed by atoms with Crippen molar-refractivity contribution in [2.75, 3.05) is 19.3 Å². The Morgan fingerprint density at radius 1 is 1.52 bits per heavy atom. The van der Waals surface area contributed by atoms with E-state index < -0.39 is 9.22 Å². The topological polar surface area (TPSA) is 62.2 Å². The Morgan fingerprint density at radius 3 is 2.67 bits per heavy atom. The highest BCUT2D eigenvalue weighted by Gasteiger charge is 2.30. The van der Waals surface area contributed by atoms with Crippen LogP contribution in [0.25, 0.3) is 0 Å². The summed E-state index contributed by atoms with van der Waals surface area (Å²) in [5.74, 6) is 0.435. The van der Waals surface area contributed by atoms with E-state index in [4.69, 9.17) is 39.6 Å². The quantitative estimate of drug-likeness (QED) is 0.318. The Kier molecular flexibility index (Phi) is 7.26. The number of hydrogen-bond donors (Lipinski definition) is 0. The summed E-state index contributed by atoms with van der Waals surface area (Å²) in [4.78, 5) is 30.1. The van der Waals surface area contributed by atoms with E-state index in [9.17, 15) is 9.59 Å². The second-order valence-electron chi connectivity index (χ2n) is 4.23. The summed E-state index contributed by atoms with van der Waals surface area (Å²) >= 11 is 18.5. The van der Waals surface area contributed by atoms with Crippen molar-refractivity contribution in [2.45, 2.75) is 23.0 Å². The first kappa shape index (κ1) is 19.0. The Morgan fingerprint density at radius 2 is 2.14 bits per heavy atom. The lowest BCUT2D eigenvalue weighted by Gasteiger charge is -2.30. The average molecular weight is 395 g/mol. The summed E-state index contributed by atoms with van der Waals surface area (Å²) in [6, 6.07) is 0.0573. The molecule has 0 aliphatic carbocycles. The number of nitrogens with zero attached hydrogens (tertiary/aromatic N) is 3. The first-order valence-corrected chi connectivity index (χ1v) is 8.73. The molecule has 0 bridgehead atoms. The second-order valence-corrected chi connectivity index (χ2v) is 9.61. The molecular formula is C10H14Cl3N3O3S2. The highest BCUT2D eigenvalue weighted by molar-refractivity contribution is 8.15. The third kappa shape index (κ3) is 6.32. The van der Waals surface area contributed by atoms with Crippen LogP contribution in [0.5, 0.6) is 0 Å². The van der Waals surface area contributed by atoms with Gasteiger partial charge in [0.2, 0.25) is 5.04 Å². The largest absolute Gasteiger partial charge is 0.445 e. The van der Waals surface area contributed by atoms with Crippen LogP contribution in [0.4, 0.5) is 4.79 Å². The predicted molar refractivity (Wildman–Crippen MR) is 88.9 cm³/mol. The third-order valence-electron chi connectivity index (χ3n) is 2.34. The van der Waals surface area contributed by atoms with Crippen LogP contribution in [-0.2, 0) is 9.63 Å². The van der Waals surface area contributed by atoms with Crippen molar-refractivity contribution in [1.82, 2.24) is 9.21 Å². The molecule has 1 heterocycles. The van der Waals surface area contributed by atoms with E-state index in [1.54, 1.807) is 4.90 Å². The van der Waals surface area contributed by atoms with Gasteiger partial charge >= 0.3 is 6.09 Å². The lowest BCUT2D eigenvalue weighted by Crippen LogP contribution is -2.45. The number of amides is 2. The maximum absolute atomic E-state index is 12.1. The molecule has 0 aromatic rings. The SMILES string of the molecule is CC(C)N1CCSC(=NOC(=O)N(C)SC(Cl)(Cl)Cl)C1=O. The molecule has 0 N–H and O–H groups in total. The Labute approximate surface area is 146 Å². The molecule has 0 radical (unpaired) electrons. The molecule has 1 aliphatic heterocycles. The van der Waals surface area contributed by atoms with Crippen LogP contribution in [0, 0.1) is 0 Å². The van der Waals surface area contributed by atoms with E-state index in [1.807, 2.05) is 13.8 Å². The van der Waals surface area contributed by atoms with Crippen LogP contribution >= 0.6 is 58.5 Å². The van der Waals surface area contributed by atoms with Crippen LogP contribution in [0.2, 0.25) is 0 Å². The number of oxime groups is 1. The zero-order chi connectivity index (χ0) is 16.2. The summed E-state index contributed by atoms with van der Waals surface area (Å²) in [6.07, 6.45) is -0.839. The van der Waals surface area contributed by atoms with Crippen LogP contribution < -0.4 is 0 Å². The summed E-state index contributed by atoms with van der Waals surface area (Å²) in [5.41, 5.74) is 0. The van der Waals surface area contributed by atoms with Crippen LogP contribution in [-0.4, -0.2) is 54.8 Å². The van der Waals surface area contributed by atoms with Gasteiger partial charge in [-0.25, -0.2) is 9.10 Å². The van der Waals surface area contributed by atoms with Gasteiger partial charge in [0.15, 0.2) is 0 Å². The molecule has 1 aliphatic rings. The molecule has 0 aromatic carbocycles. The molecule has 0 unspecified atom stereocenters. The van der Waals surface area contributed by atoms with Crippen LogP contribution in [0.3, 0.4) is 0 Å². The van der Waals surface area contributed by atoms with Gasteiger partial charge in [0.1, 0.15) is 0 Å². The lowest BCUT2D eigenvalue weighted by molar-refractivity contribution is -0.125. The highest BCUT2D eigenvalue weighted by Crippen LogP contribution is 2.40. The lowest BCUT2D eigenvalue weighted by atomic mass is 10.3. The van der Waals surface area contributed by atoms with Crippen LogP contribution in [0.1, 0.15) is 13.8 Å². The van der Waals surface area contributed by atoms with E-state index in [1.165, 1.54) is 18.8 Å². The van der Waals surface area contributed by atoms with Gasteiger partial charge in [-0.2, -0.15) is 0 Å². The van der Waals surface area contributed by atoms with Crippen molar-refractivity contribution in [2.24, 2.45) is 5.16 Å². The number of carbonyl (C=O) groups is 2. The maximum atomic E-state index is 12.1. The number of thioether (sulfide) groups is 1. The fourth-order valence-corrected chi connectivity index (χ4v) is 3.58. The molecule has 21 heavy (non-hydrogen) atoms. The van der Waals surface area contributed by atoms with Crippen LogP contribution in [0.15, 0.2) is 5.16 Å². The molecule has 0 atom stereocenters. The van der Waals surface area contributed by atoms with Gasteiger partial charge in [0.25, 0.3) is 9.03 Å². The van der Waals surface area contributed by atoms with Crippen molar-refractivity contribution in [1.29, 1.82) is 0 Å². The van der Waals surface area contributed by atoms with Gasteiger partial charge in [0.05, 0.1) is 0 Å². The minimum atomic E-state index is -1.69. The molecule has 11 heteroatoms. The second kappa shape index (κ2) is 8.01. The molecule has 0 spiro atoms. The summed E-state index contributed by atoms with van der Waals surface area (Å²) < 4.78 is -0.708. The average Bonchev–Trinajstić information content (AvgIpc) is 2.34. The maximum Gasteiger partial charge on any atom is 0.445 e. The van der Waals surface area contributed by atoms with E-state index in [0.717, 1.165) is 4.31 Å². The minimum absolute atomic E-state index is 0.0573. The molecule has 1 saturated heterocycles. The summed E-state index contributed by atoms with van der Waals surface area (Å²) in [5, 5.41) is 3.74. The van der Waals surface area contributed by atoms with Crippen molar-refractivity contribution < 1.29 is 14.4 Å². The Balaban J connectivity index is 2.63. The minimum Gasteiger partial charge on any atom is -0.333 e. The number of halogens is 3. The van der Waals surface area contributed by atoms with Gasteiger partial charge in [-0.3, -0.25) is 9.63 Å². The standard InChI is InChI=1S/C10H14Cl3N3O3S2/c1-6(2)16-4-5-20-7(8(16)17)14-19-9(18)15(3)21-10(11,12)13/h6H,4-5H2,1-3H3. The smallest absolute Gasteiger partial charge is 0.333 e. The van der Waals surface area contributed by atoms with Gasteiger partial charge in [-0.05, 0) is 13.8 Å². The van der Waals surface area contributed by atoms with Gasteiger partial charge < -0.3 is 4.90 Å². The molecule has 6 nitrogen and oxygen atoms in total. The summed E-state index contributed by atoms with van der Waals surface area (Å²) in [7, 11) is 1.37. The molecule has 120 valence electrons. The molecule has 0 aromatic heterocycles. The molecule has 0 saturated carbocycles. The summed E-state index contributed by atoms with van der Waals surface area (Å²) in [6.45, 7) is 4.45. The fraction of sp³-hybridized carbons (Fsp3) is 0.700. The van der Waals surface area contributed by atoms with Crippen molar-refractivity contribution in [3.63, 3.8) is 0 Å². The third-order valence-corrected chi connectivity index (χ3v) is 4.50. The molecule has 1 rings (SSSR count). The monoisotopic (exact) mass is 393 g/mol.